The van der Waals surface area contributed by atoms with Crippen molar-refractivity contribution in [3.8, 4) is 0 Å². The summed E-state index contributed by atoms with van der Waals surface area (Å²) >= 11 is 0.998. The molecular weight excluding hydrogens is 363 g/mol. The molecule has 2 N–H and O–H groups in total. The number of halogens is 3. The van der Waals surface area contributed by atoms with Gasteiger partial charge in [0.25, 0.3) is 0 Å². The minimum atomic E-state index is -4.39. The van der Waals surface area contributed by atoms with Crippen LogP contribution in [0.1, 0.15) is 37.4 Å². The Hall–Kier alpha value is -1.35. The van der Waals surface area contributed by atoms with Crippen molar-refractivity contribution >= 4 is 17.3 Å². The van der Waals surface area contributed by atoms with Crippen molar-refractivity contribution in [1.82, 2.24) is 20.5 Å². The zero-order valence-electron chi connectivity index (χ0n) is 15.6. The van der Waals surface area contributed by atoms with Gasteiger partial charge in [0, 0.05) is 32.1 Å². The largest absolute Gasteiger partial charge is 0.434 e. The summed E-state index contributed by atoms with van der Waals surface area (Å²) in [5.41, 5.74) is -0.838. The molecule has 0 spiro atoms. The van der Waals surface area contributed by atoms with E-state index in [0.717, 1.165) is 42.9 Å². The van der Waals surface area contributed by atoms with Crippen LogP contribution in [0.2, 0.25) is 0 Å². The summed E-state index contributed by atoms with van der Waals surface area (Å²) in [7, 11) is 1.66. The molecule has 148 valence electrons. The smallest absolute Gasteiger partial charge is 0.356 e. The van der Waals surface area contributed by atoms with Gasteiger partial charge in [-0.1, -0.05) is 13.8 Å². The van der Waals surface area contributed by atoms with Crippen molar-refractivity contribution in [3.63, 3.8) is 0 Å². The fourth-order valence-electron chi connectivity index (χ4n) is 3.14. The van der Waals surface area contributed by atoms with Gasteiger partial charge in [-0.15, -0.1) is 11.3 Å². The number of nitrogens with one attached hydrogen (secondary N) is 2. The normalized spacial score (nSPS) is 19.8. The molecule has 2 heterocycles. The fourth-order valence-corrected chi connectivity index (χ4v) is 3.88. The predicted molar refractivity (Wildman–Crippen MR) is 99.3 cm³/mol. The van der Waals surface area contributed by atoms with Crippen molar-refractivity contribution in [2.75, 3.05) is 33.2 Å². The van der Waals surface area contributed by atoms with Gasteiger partial charge in [-0.3, -0.25) is 4.99 Å². The number of thiazole rings is 1. The van der Waals surface area contributed by atoms with Crippen LogP contribution in [0.5, 0.6) is 0 Å². The summed E-state index contributed by atoms with van der Waals surface area (Å²) in [5, 5.41) is 7.76. The van der Waals surface area contributed by atoms with Gasteiger partial charge in [0.05, 0.1) is 6.54 Å². The van der Waals surface area contributed by atoms with Crippen LogP contribution in [-0.4, -0.2) is 49.1 Å². The molecule has 0 bridgehead atoms. The van der Waals surface area contributed by atoms with Crippen molar-refractivity contribution in [3.05, 3.63) is 16.1 Å². The molecule has 1 atom stereocenters. The average molecular weight is 392 g/mol. The van der Waals surface area contributed by atoms with E-state index in [1.165, 1.54) is 12.8 Å². The molecule has 0 radical (unpaired) electrons. The zero-order chi connectivity index (χ0) is 19.2. The second-order valence-corrected chi connectivity index (χ2v) is 8.04. The number of guanidine groups is 1. The molecule has 26 heavy (non-hydrogen) atoms. The Morgan fingerprint density at radius 2 is 2.19 bits per heavy atom. The van der Waals surface area contributed by atoms with E-state index in [4.69, 9.17) is 0 Å². The van der Waals surface area contributed by atoms with Crippen LogP contribution in [0.25, 0.3) is 0 Å². The summed E-state index contributed by atoms with van der Waals surface area (Å²) in [5.74, 6) is 1.81. The van der Waals surface area contributed by atoms with Gasteiger partial charge < -0.3 is 15.5 Å². The van der Waals surface area contributed by atoms with Crippen molar-refractivity contribution in [2.45, 2.75) is 39.4 Å². The lowest BCUT2D eigenvalue weighted by Gasteiger charge is -2.34. The van der Waals surface area contributed by atoms with Crippen LogP contribution < -0.4 is 10.6 Å². The molecule has 1 unspecified atom stereocenters. The number of piperidine rings is 1. The Labute approximate surface area is 157 Å². The maximum absolute atomic E-state index is 12.6. The van der Waals surface area contributed by atoms with Gasteiger partial charge in [-0.05, 0) is 31.2 Å². The van der Waals surface area contributed by atoms with E-state index in [9.17, 15) is 13.2 Å². The van der Waals surface area contributed by atoms with E-state index in [1.807, 2.05) is 0 Å². The second-order valence-electron chi connectivity index (χ2n) is 7.09. The van der Waals surface area contributed by atoms with Gasteiger partial charge in [0.2, 0.25) is 0 Å². The van der Waals surface area contributed by atoms with E-state index in [2.05, 4.69) is 39.4 Å². The third-order valence-electron chi connectivity index (χ3n) is 4.26. The van der Waals surface area contributed by atoms with Gasteiger partial charge in [-0.2, -0.15) is 13.2 Å². The molecular formula is C17H28F3N5S. The standard InChI is InChI=1S/C17H28F3N5S/c1-12(2)9-25-6-4-5-13(10-25)7-22-16(21-3)23-8-15-24-14(11-26-15)17(18,19)20/h11-13H,4-10H2,1-3H3,(H2,21,22,23). The Morgan fingerprint density at radius 3 is 2.81 bits per heavy atom. The minimum Gasteiger partial charge on any atom is -0.356 e. The van der Waals surface area contributed by atoms with Gasteiger partial charge in [-0.25, -0.2) is 4.98 Å². The summed E-state index contributed by atoms with van der Waals surface area (Å²) in [4.78, 5) is 10.3. The molecule has 0 saturated carbocycles. The quantitative estimate of drug-likeness (QED) is 0.578. The number of likely N-dealkylation sites (tertiary alicyclic amines) is 1. The monoisotopic (exact) mass is 391 g/mol. The molecule has 1 aromatic heterocycles. The molecule has 0 aliphatic carbocycles. The fraction of sp³-hybridized carbons (Fsp3) is 0.765. The third-order valence-corrected chi connectivity index (χ3v) is 5.11. The lowest BCUT2D eigenvalue weighted by Crippen LogP contribution is -2.44. The molecule has 5 nitrogen and oxygen atoms in total. The predicted octanol–water partition coefficient (Wildman–Crippen LogP) is 3.19. The number of aliphatic imine (C=N–C) groups is 1. The van der Waals surface area contributed by atoms with Gasteiger partial charge in [0.15, 0.2) is 11.7 Å². The summed E-state index contributed by atoms with van der Waals surface area (Å²) < 4.78 is 37.8. The second kappa shape index (κ2) is 9.55. The number of nitrogens with zero attached hydrogens (tertiary/aromatic N) is 3. The SMILES string of the molecule is CN=C(NCc1nc(C(F)(F)F)cs1)NCC1CCCN(CC(C)C)C1. The van der Waals surface area contributed by atoms with Gasteiger partial charge >= 0.3 is 6.18 Å². The first kappa shape index (κ1) is 21.0. The summed E-state index contributed by atoms with van der Waals surface area (Å²) in [6, 6.07) is 0. The van der Waals surface area contributed by atoms with Crippen LogP contribution in [0, 0.1) is 11.8 Å². The Kier molecular flexibility index (Phi) is 7.69. The topological polar surface area (TPSA) is 52.6 Å². The van der Waals surface area contributed by atoms with Crippen LogP contribution in [-0.2, 0) is 12.7 Å². The highest BCUT2D eigenvalue weighted by molar-refractivity contribution is 7.09. The van der Waals surface area contributed by atoms with Gasteiger partial charge in [0.1, 0.15) is 5.01 Å². The number of aromatic nitrogens is 1. The molecule has 1 aromatic rings. The number of alkyl halides is 3. The average Bonchev–Trinajstić information content (AvgIpc) is 3.04. The van der Waals surface area contributed by atoms with Crippen LogP contribution in [0.3, 0.4) is 0 Å². The molecule has 2 rings (SSSR count). The first-order valence-corrected chi connectivity index (χ1v) is 9.84. The molecule has 1 aliphatic heterocycles. The summed E-state index contributed by atoms with van der Waals surface area (Å²) in [6.45, 7) is 8.85. The molecule has 1 fully saturated rings. The highest BCUT2D eigenvalue weighted by Crippen LogP contribution is 2.29. The lowest BCUT2D eigenvalue weighted by molar-refractivity contribution is -0.140. The van der Waals surface area contributed by atoms with Crippen LogP contribution in [0.15, 0.2) is 10.4 Å². The highest BCUT2D eigenvalue weighted by atomic mass is 32.1. The minimum absolute atomic E-state index is 0.227. The maximum atomic E-state index is 12.6. The van der Waals surface area contributed by atoms with E-state index in [-0.39, 0.29) is 6.54 Å². The first-order chi connectivity index (χ1) is 12.3. The third kappa shape index (κ3) is 6.75. The Balaban J connectivity index is 1.76. The molecule has 9 heteroatoms. The number of hydrogen-bond acceptors (Lipinski definition) is 4. The van der Waals surface area contributed by atoms with Crippen molar-refractivity contribution in [2.24, 2.45) is 16.8 Å². The van der Waals surface area contributed by atoms with Crippen LogP contribution >= 0.6 is 11.3 Å². The van der Waals surface area contributed by atoms with E-state index in [1.54, 1.807) is 7.05 Å². The van der Waals surface area contributed by atoms with Crippen LogP contribution in [0.4, 0.5) is 13.2 Å². The van der Waals surface area contributed by atoms with Crippen molar-refractivity contribution < 1.29 is 13.2 Å². The maximum Gasteiger partial charge on any atom is 0.434 e. The highest BCUT2D eigenvalue weighted by Gasteiger charge is 2.33. The first-order valence-electron chi connectivity index (χ1n) is 8.96. The molecule has 1 saturated heterocycles. The van der Waals surface area contributed by atoms with E-state index in [0.29, 0.717) is 22.8 Å². The lowest BCUT2D eigenvalue weighted by atomic mass is 9.97. The number of rotatable bonds is 6. The molecule has 1 aliphatic rings. The van der Waals surface area contributed by atoms with Crippen molar-refractivity contribution in [1.29, 1.82) is 0 Å². The van der Waals surface area contributed by atoms with E-state index >= 15 is 0 Å². The summed E-state index contributed by atoms with van der Waals surface area (Å²) in [6.07, 6.45) is -2.01. The molecule has 0 amide bonds. The Bertz CT molecular complexity index is 585. The Morgan fingerprint density at radius 1 is 1.42 bits per heavy atom. The number of hydrogen-bond donors (Lipinski definition) is 2. The molecule has 0 aromatic carbocycles. The van der Waals surface area contributed by atoms with E-state index < -0.39 is 11.9 Å². The zero-order valence-corrected chi connectivity index (χ0v) is 16.4.